The van der Waals surface area contributed by atoms with E-state index in [2.05, 4.69) is 15.7 Å². The first-order valence-electron chi connectivity index (χ1n) is 14.0. The highest BCUT2D eigenvalue weighted by Gasteiger charge is 2.36. The highest BCUT2D eigenvalue weighted by atomic mass is 19.1. The number of rotatable bonds is 13. The maximum Gasteiger partial charge on any atom is 0.407 e. The lowest BCUT2D eigenvalue weighted by atomic mass is 10.0. The average Bonchev–Trinajstić information content (AvgIpc) is 3.44. The Balaban J connectivity index is 2.15. The first-order chi connectivity index (χ1) is 20.5. The van der Waals surface area contributed by atoms with E-state index in [1.165, 1.54) is 47.2 Å². The number of nitrogens with one attached hydrogen (secondary N) is 2. The smallest absolute Gasteiger partial charge is 0.407 e. The highest BCUT2D eigenvalue weighted by molar-refractivity contribution is 5.98. The zero-order valence-corrected chi connectivity index (χ0v) is 25.2. The van der Waals surface area contributed by atoms with Gasteiger partial charge in [0.15, 0.2) is 6.04 Å². The van der Waals surface area contributed by atoms with Crippen molar-refractivity contribution in [2.75, 3.05) is 26.8 Å². The number of nitrogens with zero attached hydrogens (tertiary/aromatic N) is 3. The Labute approximate surface area is 251 Å². The van der Waals surface area contributed by atoms with Crippen LogP contribution in [0.15, 0.2) is 60.8 Å². The van der Waals surface area contributed by atoms with Crippen LogP contribution in [-0.2, 0) is 20.9 Å². The van der Waals surface area contributed by atoms with E-state index in [1.54, 1.807) is 58.0 Å². The van der Waals surface area contributed by atoms with E-state index in [-0.39, 0.29) is 31.9 Å². The highest BCUT2D eigenvalue weighted by Crippen LogP contribution is 2.27. The van der Waals surface area contributed by atoms with Gasteiger partial charge in [-0.1, -0.05) is 12.1 Å². The molecule has 0 bridgehead atoms. The summed E-state index contributed by atoms with van der Waals surface area (Å²) in [5.74, 6) is -1.44. The van der Waals surface area contributed by atoms with Crippen molar-refractivity contribution < 1.29 is 33.4 Å². The lowest BCUT2D eigenvalue weighted by Crippen LogP contribution is -2.51. The number of alkyl carbamates (subject to hydrolysis) is 1. The predicted molar refractivity (Wildman–Crippen MR) is 158 cm³/mol. The van der Waals surface area contributed by atoms with E-state index >= 15 is 0 Å². The Kier molecular flexibility index (Phi) is 11.8. The Morgan fingerprint density at radius 1 is 1.12 bits per heavy atom. The molecule has 0 aliphatic heterocycles. The third kappa shape index (κ3) is 9.35. The van der Waals surface area contributed by atoms with Crippen LogP contribution in [0.4, 0.5) is 9.18 Å². The minimum absolute atomic E-state index is 0.110. The SMILES string of the molecule is CCNC(=O)C(c1ccnn1-c1ccc(F)cc1)N(CC(CCOC)NC(=O)OC(C)(C)C)C(=O)c1cccc(CO)c1. The van der Waals surface area contributed by atoms with E-state index in [1.807, 2.05) is 0 Å². The van der Waals surface area contributed by atoms with Crippen molar-refractivity contribution in [1.82, 2.24) is 25.3 Å². The molecular formula is C31H40FN5O6. The molecule has 11 nitrogen and oxygen atoms in total. The molecule has 0 fully saturated rings. The molecule has 0 aliphatic carbocycles. The van der Waals surface area contributed by atoms with Crippen LogP contribution in [0.3, 0.4) is 0 Å². The third-order valence-electron chi connectivity index (χ3n) is 6.36. The molecule has 0 saturated carbocycles. The van der Waals surface area contributed by atoms with Crippen molar-refractivity contribution in [3.63, 3.8) is 0 Å². The fourth-order valence-electron chi connectivity index (χ4n) is 4.48. The molecule has 3 amide bonds. The summed E-state index contributed by atoms with van der Waals surface area (Å²) in [5, 5.41) is 19.7. The van der Waals surface area contributed by atoms with Crippen molar-refractivity contribution in [1.29, 1.82) is 0 Å². The number of methoxy groups -OCH3 is 1. The van der Waals surface area contributed by atoms with Gasteiger partial charge < -0.3 is 30.1 Å². The summed E-state index contributed by atoms with van der Waals surface area (Å²) in [6.07, 6.45) is 1.10. The second-order valence-electron chi connectivity index (χ2n) is 10.9. The van der Waals surface area contributed by atoms with Gasteiger partial charge in [-0.25, -0.2) is 13.9 Å². The molecule has 43 heavy (non-hydrogen) atoms. The molecule has 0 radical (unpaired) electrons. The third-order valence-corrected chi connectivity index (χ3v) is 6.36. The molecule has 1 heterocycles. The van der Waals surface area contributed by atoms with Gasteiger partial charge in [-0.15, -0.1) is 0 Å². The van der Waals surface area contributed by atoms with Gasteiger partial charge >= 0.3 is 6.09 Å². The van der Waals surface area contributed by atoms with Crippen molar-refractivity contribution in [3.8, 4) is 5.69 Å². The quantitative estimate of drug-likeness (QED) is 0.273. The number of amides is 3. The Bertz CT molecular complexity index is 1370. The minimum atomic E-state index is -1.22. The minimum Gasteiger partial charge on any atom is -0.444 e. The maximum atomic E-state index is 14.3. The van der Waals surface area contributed by atoms with Crippen molar-refractivity contribution in [2.45, 2.75) is 58.4 Å². The molecule has 3 N–H and O–H groups in total. The standard InChI is InChI=1S/C31H40FN5O6/c1-6-33-28(39)27(26-14-16-34-37(26)25-12-10-23(32)11-13-25)36(29(40)22-9-7-8-21(18-22)20-38)19-24(15-17-42-5)35-30(41)43-31(2,3)4/h7-14,16,18,24,27,38H,6,15,17,19-20H2,1-5H3,(H,33,39)(H,35,41). The molecule has 3 rings (SSSR count). The monoisotopic (exact) mass is 597 g/mol. The van der Waals surface area contributed by atoms with Crippen molar-refractivity contribution >= 4 is 17.9 Å². The van der Waals surface area contributed by atoms with Gasteiger partial charge in [0, 0.05) is 38.6 Å². The van der Waals surface area contributed by atoms with Crippen LogP contribution < -0.4 is 10.6 Å². The molecule has 3 aromatic rings. The van der Waals surface area contributed by atoms with Gasteiger partial charge in [0.2, 0.25) is 5.91 Å². The number of aliphatic hydroxyl groups is 1. The van der Waals surface area contributed by atoms with Gasteiger partial charge in [-0.2, -0.15) is 5.10 Å². The van der Waals surface area contributed by atoms with E-state index < -0.39 is 41.4 Å². The van der Waals surface area contributed by atoms with Crippen LogP contribution >= 0.6 is 0 Å². The van der Waals surface area contributed by atoms with Crippen LogP contribution in [0.1, 0.15) is 61.8 Å². The topological polar surface area (TPSA) is 135 Å². The molecule has 2 aromatic carbocycles. The second-order valence-corrected chi connectivity index (χ2v) is 10.9. The molecule has 0 saturated heterocycles. The Morgan fingerprint density at radius 2 is 1.84 bits per heavy atom. The summed E-state index contributed by atoms with van der Waals surface area (Å²) < 4.78 is 25.9. The number of halogens is 1. The average molecular weight is 598 g/mol. The molecule has 0 aliphatic rings. The van der Waals surface area contributed by atoms with Crippen LogP contribution in [0.5, 0.6) is 0 Å². The maximum absolute atomic E-state index is 14.3. The van der Waals surface area contributed by atoms with Crippen LogP contribution in [-0.4, -0.2) is 76.1 Å². The number of likely N-dealkylation sites (N-methyl/N-ethyl adjacent to an activating group) is 1. The van der Waals surface area contributed by atoms with Gasteiger partial charge in [-0.3, -0.25) is 9.59 Å². The Hall–Kier alpha value is -4.29. The number of carbonyl (C=O) groups is 3. The predicted octanol–water partition coefficient (Wildman–Crippen LogP) is 3.75. The normalized spacial score (nSPS) is 12.7. The summed E-state index contributed by atoms with van der Waals surface area (Å²) in [5.41, 5.74) is 0.803. The lowest BCUT2D eigenvalue weighted by Gasteiger charge is -2.34. The summed E-state index contributed by atoms with van der Waals surface area (Å²) in [6, 6.07) is 11.7. The van der Waals surface area contributed by atoms with E-state index in [4.69, 9.17) is 9.47 Å². The lowest BCUT2D eigenvalue weighted by molar-refractivity contribution is -0.126. The molecule has 12 heteroatoms. The van der Waals surface area contributed by atoms with Crippen molar-refractivity contribution in [3.05, 3.63) is 83.4 Å². The molecule has 2 atom stereocenters. The summed E-state index contributed by atoms with van der Waals surface area (Å²) in [4.78, 5) is 42.3. The number of carbonyl (C=O) groups excluding carboxylic acids is 3. The Morgan fingerprint density at radius 3 is 2.47 bits per heavy atom. The largest absolute Gasteiger partial charge is 0.444 e. The number of hydrogen-bond acceptors (Lipinski definition) is 7. The van der Waals surface area contributed by atoms with Crippen LogP contribution in [0.25, 0.3) is 5.69 Å². The second kappa shape index (κ2) is 15.3. The first-order valence-corrected chi connectivity index (χ1v) is 14.0. The zero-order valence-electron chi connectivity index (χ0n) is 25.2. The summed E-state index contributed by atoms with van der Waals surface area (Å²) in [6.45, 7) is 7.12. The van der Waals surface area contributed by atoms with Gasteiger partial charge in [-0.05, 0) is 82.1 Å². The van der Waals surface area contributed by atoms with Gasteiger partial charge in [0.25, 0.3) is 5.91 Å². The number of aliphatic hydroxyl groups excluding tert-OH is 1. The van der Waals surface area contributed by atoms with Crippen molar-refractivity contribution in [2.24, 2.45) is 0 Å². The zero-order chi connectivity index (χ0) is 31.6. The van der Waals surface area contributed by atoms with E-state index in [0.717, 1.165) is 0 Å². The molecule has 0 spiro atoms. The number of ether oxygens (including phenoxy) is 2. The summed E-state index contributed by atoms with van der Waals surface area (Å²) in [7, 11) is 1.52. The van der Waals surface area contributed by atoms with Crippen LogP contribution in [0.2, 0.25) is 0 Å². The molecule has 1 aromatic heterocycles. The number of benzene rings is 2. The first kappa shape index (κ1) is 33.2. The molecule has 232 valence electrons. The van der Waals surface area contributed by atoms with E-state index in [9.17, 15) is 23.9 Å². The number of aromatic nitrogens is 2. The molecule has 2 unspecified atom stereocenters. The van der Waals surface area contributed by atoms with Gasteiger partial charge in [0.05, 0.1) is 24.0 Å². The fraction of sp³-hybridized carbons (Fsp3) is 0.419. The van der Waals surface area contributed by atoms with E-state index in [0.29, 0.717) is 23.4 Å². The fourth-order valence-corrected chi connectivity index (χ4v) is 4.48. The summed E-state index contributed by atoms with van der Waals surface area (Å²) >= 11 is 0. The van der Waals surface area contributed by atoms with Crippen LogP contribution in [0, 0.1) is 5.82 Å². The molecular weight excluding hydrogens is 557 g/mol. The number of hydrogen-bond donors (Lipinski definition) is 3. The van der Waals surface area contributed by atoms with Gasteiger partial charge in [0.1, 0.15) is 11.4 Å².